The molecule has 0 fully saturated rings. The van der Waals surface area contributed by atoms with Crippen molar-refractivity contribution in [2.45, 2.75) is 60.3 Å². The minimum atomic E-state index is -0.129. The quantitative estimate of drug-likeness (QED) is 0.590. The van der Waals surface area contributed by atoms with Crippen LogP contribution >= 0.6 is 27.3 Å². The average Bonchev–Trinajstić information content (AvgIpc) is 2.95. The number of carbonyl (C=O) groups excluding carboxylic acids is 2. The van der Waals surface area contributed by atoms with E-state index >= 15 is 0 Å². The van der Waals surface area contributed by atoms with E-state index in [1.807, 2.05) is 20.8 Å². The zero-order valence-electron chi connectivity index (χ0n) is 14.2. The monoisotopic (exact) mass is 387 g/mol. The Morgan fingerprint density at radius 3 is 2.23 bits per heavy atom. The molecular weight excluding hydrogens is 362 g/mol. The van der Waals surface area contributed by atoms with E-state index < -0.39 is 0 Å². The Morgan fingerprint density at radius 2 is 1.73 bits per heavy atom. The molecular formula is C17H26BrNO2S. The average molecular weight is 388 g/mol. The molecule has 0 saturated heterocycles. The number of amides is 2. The summed E-state index contributed by atoms with van der Waals surface area (Å²) < 4.78 is 0.785. The second kappa shape index (κ2) is 8.82. The molecule has 1 aromatic rings. The van der Waals surface area contributed by atoms with E-state index in [0.717, 1.165) is 34.3 Å². The van der Waals surface area contributed by atoms with Gasteiger partial charge in [-0.25, -0.2) is 0 Å². The highest BCUT2D eigenvalue weighted by Crippen LogP contribution is 2.38. The van der Waals surface area contributed by atoms with Crippen LogP contribution in [0.4, 0.5) is 0 Å². The van der Waals surface area contributed by atoms with Crippen LogP contribution in [0.3, 0.4) is 0 Å². The SMILES string of the molecule is CC.CCCCC(CC)CN1C(=O)c2c(C)sc(Br)c2C1=O. The summed E-state index contributed by atoms with van der Waals surface area (Å²) in [6, 6.07) is 0. The van der Waals surface area contributed by atoms with Crippen molar-refractivity contribution in [2.75, 3.05) is 6.54 Å². The topological polar surface area (TPSA) is 37.4 Å². The number of nitrogens with zero attached hydrogens (tertiary/aromatic N) is 1. The fraction of sp³-hybridized carbons (Fsp3) is 0.647. The number of hydrogen-bond acceptors (Lipinski definition) is 3. The van der Waals surface area contributed by atoms with Crippen LogP contribution in [0.5, 0.6) is 0 Å². The first kappa shape index (κ1) is 19.4. The molecule has 0 N–H and O–H groups in total. The number of hydrogen-bond donors (Lipinski definition) is 0. The molecule has 0 aromatic carbocycles. The summed E-state index contributed by atoms with van der Waals surface area (Å²) in [6.07, 6.45) is 4.38. The molecule has 1 aliphatic heterocycles. The van der Waals surface area contributed by atoms with Gasteiger partial charge in [-0.05, 0) is 35.2 Å². The summed E-state index contributed by atoms with van der Waals surface area (Å²) in [5.74, 6) is 0.171. The van der Waals surface area contributed by atoms with Crippen molar-refractivity contribution < 1.29 is 9.59 Å². The van der Waals surface area contributed by atoms with Crippen LogP contribution in [0.1, 0.15) is 79.0 Å². The third kappa shape index (κ3) is 3.80. The summed E-state index contributed by atoms with van der Waals surface area (Å²) in [7, 11) is 0. The van der Waals surface area contributed by atoms with Crippen molar-refractivity contribution in [3.05, 3.63) is 19.8 Å². The van der Waals surface area contributed by atoms with Crippen LogP contribution in [0.15, 0.2) is 3.79 Å². The number of halogens is 1. The Hall–Kier alpha value is -0.680. The highest BCUT2D eigenvalue weighted by Gasteiger charge is 2.40. The van der Waals surface area contributed by atoms with Gasteiger partial charge in [0.25, 0.3) is 11.8 Å². The van der Waals surface area contributed by atoms with Crippen LogP contribution in [0.25, 0.3) is 0 Å². The maximum atomic E-state index is 12.5. The smallest absolute Gasteiger partial charge is 0.263 e. The Bertz CT molecular complexity index is 503. The number of aryl methyl sites for hydroxylation is 1. The van der Waals surface area contributed by atoms with Crippen molar-refractivity contribution in [1.29, 1.82) is 0 Å². The molecule has 0 radical (unpaired) electrons. The highest BCUT2D eigenvalue weighted by atomic mass is 79.9. The van der Waals surface area contributed by atoms with Crippen LogP contribution < -0.4 is 0 Å². The first-order valence-electron chi connectivity index (χ1n) is 8.16. The molecule has 0 saturated carbocycles. The Morgan fingerprint density at radius 1 is 1.14 bits per heavy atom. The first-order valence-corrected chi connectivity index (χ1v) is 9.77. The third-order valence-electron chi connectivity index (χ3n) is 3.94. The van der Waals surface area contributed by atoms with Gasteiger partial charge in [0.1, 0.15) is 0 Å². The second-order valence-electron chi connectivity index (χ2n) is 5.32. The van der Waals surface area contributed by atoms with Crippen molar-refractivity contribution in [1.82, 2.24) is 4.90 Å². The minimum absolute atomic E-state index is 0.112. The van der Waals surface area contributed by atoms with Gasteiger partial charge in [0, 0.05) is 11.4 Å². The number of fused-ring (bicyclic) bond motifs is 1. The zero-order valence-corrected chi connectivity index (χ0v) is 16.6. The van der Waals surface area contributed by atoms with Crippen molar-refractivity contribution in [3.8, 4) is 0 Å². The summed E-state index contributed by atoms with van der Waals surface area (Å²) in [6.45, 7) is 10.7. The third-order valence-corrected chi connectivity index (χ3v) is 5.72. The summed E-state index contributed by atoms with van der Waals surface area (Å²) >= 11 is 4.88. The molecule has 2 amide bonds. The molecule has 1 aliphatic rings. The van der Waals surface area contributed by atoms with Gasteiger partial charge in [-0.2, -0.15) is 0 Å². The molecule has 1 unspecified atom stereocenters. The van der Waals surface area contributed by atoms with Gasteiger partial charge in [0.05, 0.1) is 14.9 Å². The first-order chi connectivity index (χ1) is 10.5. The molecule has 1 atom stereocenters. The zero-order chi connectivity index (χ0) is 16.9. The number of imide groups is 1. The van der Waals surface area contributed by atoms with Gasteiger partial charge in [0.15, 0.2) is 0 Å². The van der Waals surface area contributed by atoms with Gasteiger partial charge in [-0.3, -0.25) is 14.5 Å². The maximum Gasteiger partial charge on any atom is 0.263 e. The molecule has 22 heavy (non-hydrogen) atoms. The van der Waals surface area contributed by atoms with Crippen molar-refractivity contribution in [3.63, 3.8) is 0 Å². The Kier molecular flexibility index (Phi) is 7.77. The van der Waals surface area contributed by atoms with Crippen LogP contribution in [-0.2, 0) is 0 Å². The second-order valence-corrected chi connectivity index (χ2v) is 7.86. The standard InChI is InChI=1S/C15H20BrNO2S.C2H6/c1-4-6-7-10(5-2)8-17-14(18)11-9(3)20-13(16)12(11)15(17)19;1-2/h10H,4-8H2,1-3H3;1-2H3. The number of carbonyl (C=O) groups is 2. The molecule has 1 aromatic heterocycles. The van der Waals surface area contributed by atoms with E-state index in [2.05, 4.69) is 29.8 Å². The van der Waals surface area contributed by atoms with Crippen molar-refractivity contribution >= 4 is 39.1 Å². The molecule has 3 nitrogen and oxygen atoms in total. The lowest BCUT2D eigenvalue weighted by atomic mass is 9.99. The van der Waals surface area contributed by atoms with Gasteiger partial charge in [-0.1, -0.05) is 47.0 Å². The molecule has 0 bridgehead atoms. The van der Waals surface area contributed by atoms with Gasteiger partial charge in [0.2, 0.25) is 0 Å². The van der Waals surface area contributed by atoms with Crippen molar-refractivity contribution in [2.24, 2.45) is 5.92 Å². The maximum absolute atomic E-state index is 12.5. The Balaban J connectivity index is 0.00000116. The molecule has 2 rings (SSSR count). The number of unbranched alkanes of at least 4 members (excludes halogenated alkanes) is 1. The largest absolute Gasteiger partial charge is 0.274 e. The fourth-order valence-electron chi connectivity index (χ4n) is 2.66. The van der Waals surface area contributed by atoms with E-state index in [9.17, 15) is 9.59 Å². The molecule has 2 heterocycles. The predicted molar refractivity (Wildman–Crippen MR) is 96.8 cm³/mol. The molecule has 5 heteroatoms. The summed E-state index contributed by atoms with van der Waals surface area (Å²) in [4.78, 5) is 27.3. The molecule has 0 spiro atoms. The van der Waals surface area contributed by atoms with E-state index in [1.54, 1.807) is 0 Å². The summed E-state index contributed by atoms with van der Waals surface area (Å²) in [5, 5.41) is 0. The van der Waals surface area contributed by atoms with Crippen LogP contribution in [0.2, 0.25) is 0 Å². The lowest BCUT2D eigenvalue weighted by Crippen LogP contribution is -2.34. The highest BCUT2D eigenvalue weighted by molar-refractivity contribution is 9.11. The number of thiophene rings is 1. The fourth-order valence-corrected chi connectivity index (χ4v) is 4.61. The van der Waals surface area contributed by atoms with Gasteiger partial charge in [-0.15, -0.1) is 11.3 Å². The normalized spacial score (nSPS) is 14.7. The van der Waals surface area contributed by atoms with Crippen LogP contribution in [-0.4, -0.2) is 23.3 Å². The van der Waals surface area contributed by atoms with E-state index in [1.165, 1.54) is 16.2 Å². The van der Waals surface area contributed by atoms with E-state index in [4.69, 9.17) is 0 Å². The summed E-state index contributed by atoms with van der Waals surface area (Å²) in [5.41, 5.74) is 1.18. The minimum Gasteiger partial charge on any atom is -0.274 e. The number of rotatable bonds is 6. The Labute approximate surface area is 146 Å². The van der Waals surface area contributed by atoms with Gasteiger partial charge >= 0.3 is 0 Å². The van der Waals surface area contributed by atoms with E-state index in [0.29, 0.717) is 23.6 Å². The van der Waals surface area contributed by atoms with Gasteiger partial charge < -0.3 is 0 Å². The lowest BCUT2D eigenvalue weighted by Gasteiger charge is -2.21. The lowest BCUT2D eigenvalue weighted by molar-refractivity contribution is 0.0623. The predicted octanol–water partition coefficient (Wildman–Crippen LogP) is 5.66. The van der Waals surface area contributed by atoms with E-state index in [-0.39, 0.29) is 11.8 Å². The molecule has 124 valence electrons. The molecule has 0 aliphatic carbocycles. The van der Waals surface area contributed by atoms with Crippen LogP contribution in [0, 0.1) is 12.8 Å².